The van der Waals surface area contributed by atoms with Crippen LogP contribution in [0.15, 0.2) is 88.8 Å². The van der Waals surface area contributed by atoms with Gasteiger partial charge in [0.2, 0.25) is 11.7 Å². The van der Waals surface area contributed by atoms with Crippen molar-refractivity contribution >= 4 is 40.0 Å². The Morgan fingerprint density at radius 2 is 1.67 bits per heavy atom. The number of nitrogens with one attached hydrogen (secondary N) is 1. The summed E-state index contributed by atoms with van der Waals surface area (Å²) in [5.74, 6) is 0.952. The first-order valence-electron chi connectivity index (χ1n) is 11.9. The van der Waals surface area contributed by atoms with E-state index in [1.165, 1.54) is 17.3 Å². The van der Waals surface area contributed by atoms with Crippen molar-refractivity contribution in [3.63, 3.8) is 0 Å². The number of aryl methyl sites for hydroxylation is 2. The zero-order chi connectivity index (χ0) is 25.1. The molecule has 0 fully saturated rings. The number of carbonyl (C=O) groups excluding carboxylic acids is 1. The quantitative estimate of drug-likeness (QED) is 0.300. The maximum Gasteiger partial charge on any atom is 0.262 e. The molecule has 0 saturated carbocycles. The van der Waals surface area contributed by atoms with E-state index in [4.69, 9.17) is 0 Å². The average molecular weight is 498 g/mol. The van der Waals surface area contributed by atoms with E-state index < -0.39 is 0 Å². The Kier molecular flexibility index (Phi) is 6.86. The molecule has 2 aromatic heterocycles. The van der Waals surface area contributed by atoms with Gasteiger partial charge in [-0.05, 0) is 47.7 Å². The van der Waals surface area contributed by atoms with E-state index >= 15 is 0 Å². The zero-order valence-electron chi connectivity index (χ0n) is 20.2. The second kappa shape index (κ2) is 10.4. The van der Waals surface area contributed by atoms with Gasteiger partial charge in [0.1, 0.15) is 0 Å². The molecule has 0 aliphatic carbocycles. The fourth-order valence-corrected chi connectivity index (χ4v) is 4.93. The summed E-state index contributed by atoms with van der Waals surface area (Å²) in [4.78, 5) is 26.0. The number of benzene rings is 3. The number of fused-ring (bicyclic) bond motifs is 3. The van der Waals surface area contributed by atoms with Crippen LogP contribution in [0.2, 0.25) is 0 Å². The van der Waals surface area contributed by atoms with Gasteiger partial charge >= 0.3 is 0 Å². The second-order valence-corrected chi connectivity index (χ2v) is 9.88. The van der Waals surface area contributed by atoms with Gasteiger partial charge in [0, 0.05) is 12.2 Å². The van der Waals surface area contributed by atoms with Crippen LogP contribution in [0.5, 0.6) is 0 Å². The van der Waals surface area contributed by atoms with Gasteiger partial charge in [0.15, 0.2) is 5.16 Å². The van der Waals surface area contributed by atoms with Crippen LogP contribution in [0.4, 0.5) is 5.69 Å². The van der Waals surface area contributed by atoms with Crippen molar-refractivity contribution in [2.45, 2.75) is 37.9 Å². The summed E-state index contributed by atoms with van der Waals surface area (Å²) in [5, 5.41) is 12.8. The number of thioether (sulfide) groups is 1. The van der Waals surface area contributed by atoms with Gasteiger partial charge in [-0.2, -0.15) is 0 Å². The van der Waals surface area contributed by atoms with Gasteiger partial charge in [-0.25, -0.2) is 0 Å². The monoisotopic (exact) mass is 497 g/mol. The Balaban J connectivity index is 1.40. The number of carbonyl (C=O) groups is 1. The van der Waals surface area contributed by atoms with Crippen molar-refractivity contribution in [1.82, 2.24) is 19.2 Å². The summed E-state index contributed by atoms with van der Waals surface area (Å²) in [6.07, 6.45) is 0.697. The van der Waals surface area contributed by atoms with Crippen LogP contribution in [0.3, 0.4) is 0 Å². The number of anilines is 1. The molecule has 0 atom stereocenters. The van der Waals surface area contributed by atoms with E-state index in [1.807, 2.05) is 83.3 Å². The maximum atomic E-state index is 13.3. The summed E-state index contributed by atoms with van der Waals surface area (Å²) in [5.41, 5.74) is 3.76. The first kappa shape index (κ1) is 23.8. The van der Waals surface area contributed by atoms with Crippen molar-refractivity contribution in [1.29, 1.82) is 0 Å². The Labute approximate surface area is 213 Å². The van der Waals surface area contributed by atoms with Gasteiger partial charge in [0.25, 0.3) is 5.56 Å². The van der Waals surface area contributed by atoms with Crippen molar-refractivity contribution in [3.05, 3.63) is 100 Å². The molecular weight excluding hydrogens is 470 g/mol. The number of para-hydroxylation sites is 1. The first-order chi connectivity index (χ1) is 17.5. The zero-order valence-corrected chi connectivity index (χ0v) is 21.0. The van der Waals surface area contributed by atoms with Crippen LogP contribution in [0.25, 0.3) is 16.7 Å². The number of aromatic nitrogens is 4. The molecule has 0 saturated heterocycles. The lowest BCUT2D eigenvalue weighted by Gasteiger charge is -2.11. The molecule has 0 radical (unpaired) electrons. The summed E-state index contributed by atoms with van der Waals surface area (Å²) < 4.78 is 3.54. The lowest BCUT2D eigenvalue weighted by Crippen LogP contribution is -2.24. The van der Waals surface area contributed by atoms with Gasteiger partial charge in [-0.3, -0.25) is 18.6 Å². The standard InChI is InChI=1S/C28H27N5O2S/c1-19(2)21-12-14-22(15-13-21)29-25(34)18-36-28-31-30-27-32(17-16-20-8-4-3-5-9-20)26(35)23-10-6-7-11-24(23)33(27)28/h3-15,19H,16-18H2,1-2H3,(H,29,34). The fourth-order valence-electron chi connectivity index (χ4n) is 4.19. The van der Waals surface area contributed by atoms with Crippen LogP contribution in [0.1, 0.15) is 30.9 Å². The van der Waals surface area contributed by atoms with E-state index in [-0.39, 0.29) is 17.2 Å². The highest BCUT2D eigenvalue weighted by molar-refractivity contribution is 7.99. The summed E-state index contributed by atoms with van der Waals surface area (Å²) in [7, 11) is 0. The SMILES string of the molecule is CC(C)c1ccc(NC(=O)CSc2nnc3n(CCc4ccccc4)c(=O)c4ccccc4n23)cc1. The van der Waals surface area contributed by atoms with Crippen LogP contribution in [0, 0.1) is 0 Å². The minimum Gasteiger partial charge on any atom is -0.325 e. The molecule has 182 valence electrons. The highest BCUT2D eigenvalue weighted by Gasteiger charge is 2.17. The molecule has 1 N–H and O–H groups in total. The molecule has 5 aromatic rings. The summed E-state index contributed by atoms with van der Waals surface area (Å²) in [6, 6.07) is 25.4. The molecule has 3 aromatic carbocycles. The van der Waals surface area contributed by atoms with E-state index in [9.17, 15) is 9.59 Å². The third kappa shape index (κ3) is 4.90. The molecule has 0 spiro atoms. The van der Waals surface area contributed by atoms with Crippen molar-refractivity contribution in [2.24, 2.45) is 0 Å². The molecule has 2 heterocycles. The van der Waals surface area contributed by atoms with E-state index in [0.717, 1.165) is 16.8 Å². The van der Waals surface area contributed by atoms with Gasteiger partial charge in [-0.1, -0.05) is 80.2 Å². The topological polar surface area (TPSA) is 81.3 Å². The van der Waals surface area contributed by atoms with Crippen molar-refractivity contribution in [3.8, 4) is 0 Å². The predicted molar refractivity (Wildman–Crippen MR) is 145 cm³/mol. The van der Waals surface area contributed by atoms with E-state index in [0.29, 0.717) is 35.2 Å². The van der Waals surface area contributed by atoms with Crippen molar-refractivity contribution < 1.29 is 4.79 Å². The molecule has 0 aliphatic rings. The highest BCUT2D eigenvalue weighted by Crippen LogP contribution is 2.23. The number of rotatable bonds is 8. The van der Waals surface area contributed by atoms with Crippen LogP contribution >= 0.6 is 11.8 Å². The highest BCUT2D eigenvalue weighted by atomic mass is 32.2. The second-order valence-electron chi connectivity index (χ2n) is 8.94. The Morgan fingerprint density at radius 1 is 0.944 bits per heavy atom. The lowest BCUT2D eigenvalue weighted by atomic mass is 10.0. The molecule has 7 nitrogen and oxygen atoms in total. The van der Waals surface area contributed by atoms with Gasteiger partial charge in [0.05, 0.1) is 16.7 Å². The number of hydrogen-bond donors (Lipinski definition) is 1. The van der Waals surface area contributed by atoms with Gasteiger partial charge in [-0.15, -0.1) is 10.2 Å². The Hall–Kier alpha value is -3.91. The largest absolute Gasteiger partial charge is 0.325 e. The van der Waals surface area contributed by atoms with Gasteiger partial charge < -0.3 is 5.32 Å². The fraction of sp³-hybridized carbons (Fsp3) is 0.214. The Bertz CT molecular complexity index is 1570. The smallest absolute Gasteiger partial charge is 0.262 e. The predicted octanol–water partition coefficient (Wildman–Crippen LogP) is 5.14. The Morgan fingerprint density at radius 3 is 2.42 bits per heavy atom. The molecule has 5 rings (SSSR count). The van der Waals surface area contributed by atoms with Crippen LogP contribution in [-0.2, 0) is 17.8 Å². The third-order valence-corrected chi connectivity index (χ3v) is 7.07. The molecule has 0 bridgehead atoms. The molecular formula is C28H27N5O2S. The maximum absolute atomic E-state index is 13.3. The van der Waals surface area contributed by atoms with Crippen LogP contribution in [-0.4, -0.2) is 30.8 Å². The lowest BCUT2D eigenvalue weighted by molar-refractivity contribution is -0.113. The molecule has 0 aliphatic heterocycles. The first-order valence-corrected chi connectivity index (χ1v) is 12.9. The molecule has 36 heavy (non-hydrogen) atoms. The summed E-state index contributed by atoms with van der Waals surface area (Å²) >= 11 is 1.30. The molecule has 8 heteroatoms. The number of nitrogens with zero attached hydrogens (tertiary/aromatic N) is 4. The molecule has 0 unspecified atom stereocenters. The van der Waals surface area contributed by atoms with Crippen molar-refractivity contribution in [2.75, 3.05) is 11.1 Å². The van der Waals surface area contributed by atoms with Crippen LogP contribution < -0.4 is 10.9 Å². The number of hydrogen-bond acceptors (Lipinski definition) is 5. The van der Waals surface area contributed by atoms with E-state index in [2.05, 4.69) is 29.4 Å². The normalized spacial score (nSPS) is 11.4. The minimum atomic E-state index is -0.129. The average Bonchev–Trinajstić information content (AvgIpc) is 3.32. The van der Waals surface area contributed by atoms with E-state index in [1.54, 1.807) is 4.57 Å². The summed E-state index contributed by atoms with van der Waals surface area (Å²) in [6.45, 7) is 4.75. The minimum absolute atomic E-state index is 0.0967. The molecule has 1 amide bonds. The number of amides is 1. The third-order valence-electron chi connectivity index (χ3n) is 6.14.